The van der Waals surface area contributed by atoms with Gasteiger partial charge in [-0.25, -0.2) is 0 Å². The zero-order chi connectivity index (χ0) is 23.2. The summed E-state index contributed by atoms with van der Waals surface area (Å²) in [5.74, 6) is -1.20. The minimum absolute atomic E-state index is 0.0514. The Bertz CT molecular complexity index is 1400. The van der Waals surface area contributed by atoms with Gasteiger partial charge in [0.15, 0.2) is 5.78 Å². The number of fused-ring (bicyclic) bond motifs is 7. The maximum absolute atomic E-state index is 14.3. The molecule has 2 fully saturated rings. The number of thiophene rings is 1. The molecule has 0 bridgehead atoms. The minimum atomic E-state index is -1.36. The number of carbonyl (C=O) groups is 3. The van der Waals surface area contributed by atoms with E-state index in [1.54, 1.807) is 0 Å². The van der Waals surface area contributed by atoms with E-state index >= 15 is 0 Å². The summed E-state index contributed by atoms with van der Waals surface area (Å²) in [6.07, 6.45) is 1.66. The number of carbonyl (C=O) groups excluding carboxylic acids is 3. The quantitative estimate of drug-likeness (QED) is 0.555. The van der Waals surface area contributed by atoms with E-state index in [1.165, 1.54) is 11.3 Å². The van der Waals surface area contributed by atoms with Crippen molar-refractivity contribution in [3.8, 4) is 0 Å². The Hall–Kier alpha value is -3.29. The van der Waals surface area contributed by atoms with Crippen molar-refractivity contribution in [3.63, 3.8) is 0 Å². The van der Waals surface area contributed by atoms with Crippen LogP contribution in [0.25, 0.3) is 0 Å². The van der Waals surface area contributed by atoms with Gasteiger partial charge < -0.3 is 10.6 Å². The Morgan fingerprint density at radius 3 is 2.65 bits per heavy atom. The molecule has 0 saturated carbocycles. The van der Waals surface area contributed by atoms with Crippen LogP contribution in [0, 0.1) is 12.8 Å². The molecular formula is C27H23N3O3S. The van der Waals surface area contributed by atoms with Gasteiger partial charge in [-0.1, -0.05) is 42.5 Å². The van der Waals surface area contributed by atoms with Gasteiger partial charge in [0.05, 0.1) is 10.8 Å². The average Bonchev–Trinajstić information content (AvgIpc) is 3.62. The molecule has 34 heavy (non-hydrogen) atoms. The number of anilines is 2. The molecule has 5 heterocycles. The maximum Gasteiger partial charge on any atom is 0.251 e. The van der Waals surface area contributed by atoms with Crippen molar-refractivity contribution in [2.75, 3.05) is 17.2 Å². The van der Waals surface area contributed by atoms with Crippen molar-refractivity contribution in [2.24, 2.45) is 5.92 Å². The number of aryl methyl sites for hydroxylation is 1. The van der Waals surface area contributed by atoms with Gasteiger partial charge in [0.1, 0.15) is 11.0 Å². The predicted octanol–water partition coefficient (Wildman–Crippen LogP) is 4.07. The lowest BCUT2D eigenvalue weighted by atomic mass is 9.57. The van der Waals surface area contributed by atoms with Gasteiger partial charge in [0.2, 0.25) is 5.91 Å². The average molecular weight is 470 g/mol. The Kier molecular flexibility index (Phi) is 3.93. The molecular weight excluding hydrogens is 446 g/mol. The first kappa shape index (κ1) is 20.1. The zero-order valence-corrected chi connectivity index (χ0v) is 19.4. The fourth-order valence-electron chi connectivity index (χ4n) is 7.32. The van der Waals surface area contributed by atoms with E-state index < -0.39 is 16.9 Å². The van der Waals surface area contributed by atoms with E-state index in [2.05, 4.69) is 15.5 Å². The van der Waals surface area contributed by atoms with Crippen LogP contribution in [0.15, 0.2) is 60.0 Å². The lowest BCUT2D eigenvalue weighted by molar-refractivity contribution is -0.137. The first-order chi connectivity index (χ1) is 16.5. The van der Waals surface area contributed by atoms with E-state index in [1.807, 2.05) is 66.9 Å². The molecule has 3 aromatic rings. The van der Waals surface area contributed by atoms with Crippen LogP contribution in [-0.4, -0.2) is 35.1 Å². The number of ketones is 1. The smallest absolute Gasteiger partial charge is 0.251 e. The largest absolute Gasteiger partial charge is 0.325 e. The maximum atomic E-state index is 14.3. The molecule has 2 aromatic carbocycles. The van der Waals surface area contributed by atoms with Gasteiger partial charge in [0.25, 0.3) is 5.91 Å². The van der Waals surface area contributed by atoms with Crippen molar-refractivity contribution in [1.82, 2.24) is 4.90 Å². The number of hydrogen-bond donors (Lipinski definition) is 2. The van der Waals surface area contributed by atoms with Crippen LogP contribution in [0.4, 0.5) is 11.4 Å². The molecule has 4 aliphatic heterocycles. The van der Waals surface area contributed by atoms with Crippen LogP contribution in [0.5, 0.6) is 0 Å². The second-order valence-corrected chi connectivity index (χ2v) is 10.6. The Morgan fingerprint density at radius 1 is 1.00 bits per heavy atom. The van der Waals surface area contributed by atoms with Crippen LogP contribution in [-0.2, 0) is 20.5 Å². The fourth-order valence-corrected chi connectivity index (χ4v) is 8.03. The van der Waals surface area contributed by atoms with Gasteiger partial charge >= 0.3 is 0 Å². The molecule has 7 rings (SSSR count). The van der Waals surface area contributed by atoms with Crippen LogP contribution in [0.2, 0.25) is 0 Å². The van der Waals surface area contributed by atoms with Crippen LogP contribution < -0.4 is 10.6 Å². The summed E-state index contributed by atoms with van der Waals surface area (Å²) in [5, 5.41) is 8.10. The molecule has 0 radical (unpaired) electrons. The molecule has 2 saturated heterocycles. The van der Waals surface area contributed by atoms with Crippen molar-refractivity contribution in [1.29, 1.82) is 0 Å². The highest BCUT2D eigenvalue weighted by Gasteiger charge is 2.81. The molecule has 2 spiro atoms. The number of hydrogen-bond acceptors (Lipinski definition) is 5. The Balaban J connectivity index is 1.62. The highest BCUT2D eigenvalue weighted by Crippen LogP contribution is 2.68. The molecule has 4 aliphatic rings. The second-order valence-electron chi connectivity index (χ2n) is 9.69. The highest BCUT2D eigenvalue weighted by atomic mass is 32.1. The fraction of sp³-hybridized carbons (Fsp3) is 0.296. The predicted molar refractivity (Wildman–Crippen MR) is 130 cm³/mol. The molecule has 2 N–H and O–H groups in total. The topological polar surface area (TPSA) is 78.5 Å². The monoisotopic (exact) mass is 469 g/mol. The van der Waals surface area contributed by atoms with Gasteiger partial charge in [-0.3, -0.25) is 19.3 Å². The standard InChI is InChI=1S/C27H23N3O3S/c1-15-7-4-9-17-22(15)29-25(33)27(17)26(16-8-2-3-10-18(16)28-24(26)32)21(19-11-5-13-30(19)27)23(31)20-12-6-14-34-20/h2-4,6-10,12,14,19,21H,5,11,13H2,1H3,(H,28,32)(H,29,33)/t19-,21+,26+,27+/m1/s1. The number of Topliss-reactive ketones (excluding diaryl/α,β-unsaturated/α-hetero) is 1. The van der Waals surface area contributed by atoms with Gasteiger partial charge in [0, 0.05) is 23.0 Å². The number of amides is 2. The van der Waals surface area contributed by atoms with E-state index in [4.69, 9.17) is 0 Å². The van der Waals surface area contributed by atoms with Gasteiger partial charge in [-0.2, -0.15) is 0 Å². The lowest BCUT2D eigenvalue weighted by Gasteiger charge is -2.43. The van der Waals surface area contributed by atoms with Crippen LogP contribution in [0.3, 0.4) is 0 Å². The van der Waals surface area contributed by atoms with E-state index in [0.717, 1.165) is 35.2 Å². The lowest BCUT2D eigenvalue weighted by Crippen LogP contribution is -2.62. The summed E-state index contributed by atoms with van der Waals surface area (Å²) < 4.78 is 0. The molecule has 0 aliphatic carbocycles. The summed E-state index contributed by atoms with van der Waals surface area (Å²) in [7, 11) is 0. The SMILES string of the molecule is Cc1cccc2c1NC(=O)[C@@]21N2CCC[C@@H]2[C@@H](C(=O)c2cccs2)[C@@]12C(=O)Nc1ccccc12. The first-order valence-electron chi connectivity index (χ1n) is 11.7. The third-order valence-corrected chi connectivity index (χ3v) is 9.27. The first-order valence-corrected chi connectivity index (χ1v) is 12.6. The Labute approximate surface area is 201 Å². The van der Waals surface area contributed by atoms with E-state index in [-0.39, 0.29) is 23.6 Å². The number of nitrogens with one attached hydrogen (secondary N) is 2. The molecule has 0 unspecified atom stereocenters. The molecule has 7 heteroatoms. The van der Waals surface area contributed by atoms with Crippen molar-refractivity contribution in [2.45, 2.75) is 36.8 Å². The van der Waals surface area contributed by atoms with Crippen LogP contribution >= 0.6 is 11.3 Å². The van der Waals surface area contributed by atoms with Crippen molar-refractivity contribution < 1.29 is 14.4 Å². The third kappa shape index (κ3) is 2.05. The summed E-state index contributed by atoms with van der Waals surface area (Å²) in [6, 6.07) is 16.9. The number of rotatable bonds is 2. The molecule has 2 amide bonds. The summed E-state index contributed by atoms with van der Waals surface area (Å²) in [5.41, 5.74) is 1.30. The van der Waals surface area contributed by atoms with Gasteiger partial charge in [-0.15, -0.1) is 11.3 Å². The van der Waals surface area contributed by atoms with Crippen LogP contribution in [0.1, 0.15) is 39.2 Å². The van der Waals surface area contributed by atoms with Gasteiger partial charge in [-0.05, 0) is 54.9 Å². The summed E-state index contributed by atoms with van der Waals surface area (Å²) in [4.78, 5) is 45.7. The second kappa shape index (κ2) is 6.64. The van der Waals surface area contributed by atoms with E-state index in [9.17, 15) is 14.4 Å². The minimum Gasteiger partial charge on any atom is -0.325 e. The molecule has 6 nitrogen and oxygen atoms in total. The van der Waals surface area contributed by atoms with Crippen molar-refractivity contribution in [3.05, 3.63) is 81.5 Å². The highest BCUT2D eigenvalue weighted by molar-refractivity contribution is 7.12. The number of para-hydroxylation sites is 2. The number of nitrogens with zero attached hydrogens (tertiary/aromatic N) is 1. The number of benzene rings is 2. The third-order valence-electron chi connectivity index (χ3n) is 8.39. The normalized spacial score (nSPS) is 31.0. The zero-order valence-electron chi connectivity index (χ0n) is 18.6. The molecule has 1 aromatic heterocycles. The Morgan fingerprint density at radius 2 is 1.82 bits per heavy atom. The summed E-state index contributed by atoms with van der Waals surface area (Å²) >= 11 is 1.40. The summed E-state index contributed by atoms with van der Waals surface area (Å²) in [6.45, 7) is 2.63. The molecule has 170 valence electrons. The molecule has 4 atom stereocenters. The van der Waals surface area contributed by atoms with E-state index in [0.29, 0.717) is 17.1 Å². The van der Waals surface area contributed by atoms with Crippen molar-refractivity contribution >= 4 is 40.3 Å².